The van der Waals surface area contributed by atoms with Gasteiger partial charge in [0.05, 0.1) is 0 Å². The average molecular weight is 215 g/mol. The highest BCUT2D eigenvalue weighted by Gasteiger charge is 2.42. The molecule has 2 saturated heterocycles. The molecule has 0 aliphatic carbocycles. The van der Waals surface area contributed by atoms with Gasteiger partial charge in [0, 0.05) is 19.3 Å². The smallest absolute Gasteiger partial charge is 0.410 e. The lowest BCUT2D eigenvalue weighted by Crippen LogP contribution is -2.48. The zero-order valence-electron chi connectivity index (χ0n) is 8.22. The lowest BCUT2D eigenvalue weighted by Gasteiger charge is -2.31. The fourth-order valence-corrected chi connectivity index (χ4v) is 1.99. The van der Waals surface area contributed by atoms with Crippen molar-refractivity contribution in [3.8, 4) is 0 Å². The molecular formula is C9H13NO5. The van der Waals surface area contributed by atoms with Crippen molar-refractivity contribution in [3.63, 3.8) is 0 Å². The topological polar surface area (TPSA) is 76.1 Å². The zero-order chi connectivity index (χ0) is 10.8. The maximum absolute atomic E-state index is 11.4. The van der Waals surface area contributed by atoms with Crippen molar-refractivity contribution in [2.75, 3.05) is 19.8 Å². The zero-order valence-corrected chi connectivity index (χ0v) is 8.22. The lowest BCUT2D eigenvalue weighted by atomic mass is 10.1. The van der Waals surface area contributed by atoms with E-state index in [1.165, 1.54) is 4.90 Å². The van der Waals surface area contributed by atoms with Gasteiger partial charge in [0.25, 0.3) is 0 Å². The number of cyclic esters (lactones) is 1. The molecule has 6 heteroatoms. The van der Waals surface area contributed by atoms with Crippen molar-refractivity contribution in [3.05, 3.63) is 0 Å². The Kier molecular flexibility index (Phi) is 2.77. The number of hydrogen-bond acceptors (Lipinski definition) is 4. The Morgan fingerprint density at radius 3 is 2.67 bits per heavy atom. The molecule has 6 nitrogen and oxygen atoms in total. The minimum absolute atomic E-state index is 0.0501. The highest BCUT2D eigenvalue weighted by Crippen LogP contribution is 2.22. The van der Waals surface area contributed by atoms with Crippen LogP contribution in [0.2, 0.25) is 0 Å². The number of aliphatic carboxylic acids is 1. The van der Waals surface area contributed by atoms with Gasteiger partial charge in [-0.05, 0) is 12.8 Å². The van der Waals surface area contributed by atoms with Crippen LogP contribution in [-0.4, -0.2) is 54.0 Å². The molecule has 15 heavy (non-hydrogen) atoms. The molecule has 1 N–H and O–H groups in total. The van der Waals surface area contributed by atoms with Crippen molar-refractivity contribution < 1.29 is 24.2 Å². The van der Waals surface area contributed by atoms with E-state index in [2.05, 4.69) is 0 Å². The van der Waals surface area contributed by atoms with Crippen molar-refractivity contribution in [2.45, 2.75) is 24.9 Å². The Hall–Kier alpha value is -1.30. The van der Waals surface area contributed by atoms with E-state index in [-0.39, 0.29) is 12.6 Å². The summed E-state index contributed by atoms with van der Waals surface area (Å²) in [6, 6.07) is -0.893. The average Bonchev–Trinajstić information content (AvgIpc) is 2.61. The van der Waals surface area contributed by atoms with E-state index in [0.29, 0.717) is 26.1 Å². The van der Waals surface area contributed by atoms with Gasteiger partial charge < -0.3 is 14.6 Å². The van der Waals surface area contributed by atoms with Gasteiger partial charge in [-0.1, -0.05) is 0 Å². The van der Waals surface area contributed by atoms with Crippen LogP contribution >= 0.6 is 0 Å². The minimum Gasteiger partial charge on any atom is -0.480 e. The molecule has 1 amide bonds. The van der Waals surface area contributed by atoms with Gasteiger partial charge in [-0.25, -0.2) is 9.59 Å². The molecule has 1 atom stereocenters. The predicted octanol–water partition coefficient (Wildman–Crippen LogP) is 0.0708. The van der Waals surface area contributed by atoms with E-state index in [1.807, 2.05) is 0 Å². The van der Waals surface area contributed by atoms with Gasteiger partial charge in [-0.3, -0.25) is 4.90 Å². The number of carbonyl (C=O) groups is 2. The third kappa shape index (κ3) is 1.90. The number of amides is 1. The summed E-state index contributed by atoms with van der Waals surface area (Å²) in [6.45, 7) is 1.09. The monoisotopic (exact) mass is 215 g/mol. The Morgan fingerprint density at radius 2 is 2.07 bits per heavy atom. The number of carboxylic acid groups (broad SMARTS) is 1. The first-order chi connectivity index (χ1) is 7.20. The Labute approximate surface area is 86.8 Å². The van der Waals surface area contributed by atoms with Crippen molar-refractivity contribution in [1.82, 2.24) is 4.90 Å². The van der Waals surface area contributed by atoms with Crippen molar-refractivity contribution >= 4 is 12.1 Å². The number of carbonyl (C=O) groups excluding carboxylic acids is 1. The molecule has 0 saturated carbocycles. The second-order valence-electron chi connectivity index (χ2n) is 3.68. The van der Waals surface area contributed by atoms with Crippen LogP contribution in [0.5, 0.6) is 0 Å². The van der Waals surface area contributed by atoms with Crippen LogP contribution in [0.3, 0.4) is 0 Å². The summed E-state index contributed by atoms with van der Waals surface area (Å²) in [5.74, 6) is -1.01. The van der Waals surface area contributed by atoms with Gasteiger partial charge in [0.15, 0.2) is 6.04 Å². The van der Waals surface area contributed by atoms with Crippen LogP contribution in [0.1, 0.15) is 12.8 Å². The van der Waals surface area contributed by atoms with E-state index in [0.717, 1.165) is 0 Å². The highest BCUT2D eigenvalue weighted by molar-refractivity contribution is 5.83. The molecule has 84 valence electrons. The maximum atomic E-state index is 11.4. The second-order valence-corrected chi connectivity index (χ2v) is 3.68. The van der Waals surface area contributed by atoms with Gasteiger partial charge in [-0.2, -0.15) is 0 Å². The molecule has 2 heterocycles. The SMILES string of the molecule is O=C(O)C1COC(=O)N1C1CCOCC1. The van der Waals surface area contributed by atoms with Gasteiger partial charge in [0.2, 0.25) is 0 Å². The third-order valence-corrected chi connectivity index (χ3v) is 2.78. The van der Waals surface area contributed by atoms with Gasteiger partial charge in [0.1, 0.15) is 6.61 Å². The molecule has 0 aromatic carbocycles. The fraction of sp³-hybridized carbons (Fsp3) is 0.778. The Balaban J connectivity index is 2.09. The molecular weight excluding hydrogens is 202 g/mol. The first-order valence-corrected chi connectivity index (χ1v) is 4.96. The van der Waals surface area contributed by atoms with E-state index in [4.69, 9.17) is 14.6 Å². The highest BCUT2D eigenvalue weighted by atomic mass is 16.6. The van der Waals surface area contributed by atoms with Crippen LogP contribution in [0.4, 0.5) is 4.79 Å². The summed E-state index contributed by atoms with van der Waals surface area (Å²) in [5, 5.41) is 8.93. The summed E-state index contributed by atoms with van der Waals surface area (Å²) in [6.07, 6.45) is 0.840. The van der Waals surface area contributed by atoms with Crippen molar-refractivity contribution in [2.24, 2.45) is 0 Å². The quantitative estimate of drug-likeness (QED) is 0.705. The standard InChI is InChI=1S/C9H13NO5/c11-8(12)7-5-15-9(13)10(7)6-1-3-14-4-2-6/h6-7H,1-5H2,(H,11,12). The number of nitrogens with zero attached hydrogens (tertiary/aromatic N) is 1. The second kappa shape index (κ2) is 4.06. The van der Waals surface area contributed by atoms with E-state index in [9.17, 15) is 9.59 Å². The Bertz CT molecular complexity index is 274. The van der Waals surface area contributed by atoms with Gasteiger partial charge in [-0.15, -0.1) is 0 Å². The lowest BCUT2D eigenvalue weighted by molar-refractivity contribution is -0.142. The maximum Gasteiger partial charge on any atom is 0.410 e. The first-order valence-electron chi connectivity index (χ1n) is 4.96. The summed E-state index contributed by atoms with van der Waals surface area (Å²) in [5.41, 5.74) is 0. The van der Waals surface area contributed by atoms with Crippen molar-refractivity contribution in [1.29, 1.82) is 0 Å². The molecule has 2 rings (SSSR count). The number of carboxylic acids is 1. The molecule has 0 bridgehead atoms. The van der Waals surface area contributed by atoms with Crippen LogP contribution in [-0.2, 0) is 14.3 Å². The summed E-state index contributed by atoms with van der Waals surface area (Å²) < 4.78 is 9.92. The third-order valence-electron chi connectivity index (χ3n) is 2.78. The molecule has 0 aromatic rings. The summed E-state index contributed by atoms with van der Waals surface area (Å²) in [7, 11) is 0. The van der Waals surface area contributed by atoms with E-state index in [1.54, 1.807) is 0 Å². The molecule has 2 aliphatic heterocycles. The molecule has 0 spiro atoms. The van der Waals surface area contributed by atoms with Crippen LogP contribution in [0, 0.1) is 0 Å². The first kappa shape index (κ1) is 10.2. The number of rotatable bonds is 2. The fourth-order valence-electron chi connectivity index (χ4n) is 1.99. The summed E-state index contributed by atoms with van der Waals surface area (Å²) >= 11 is 0. The minimum atomic E-state index is -1.01. The van der Waals surface area contributed by atoms with Crippen LogP contribution < -0.4 is 0 Å². The summed E-state index contributed by atoms with van der Waals surface area (Å²) in [4.78, 5) is 23.6. The molecule has 1 unspecified atom stereocenters. The number of ether oxygens (including phenoxy) is 2. The molecule has 2 fully saturated rings. The molecule has 0 radical (unpaired) electrons. The number of hydrogen-bond donors (Lipinski definition) is 1. The van der Waals surface area contributed by atoms with E-state index < -0.39 is 18.1 Å². The largest absolute Gasteiger partial charge is 0.480 e. The van der Waals surface area contributed by atoms with Crippen LogP contribution in [0.15, 0.2) is 0 Å². The molecule has 0 aromatic heterocycles. The molecule has 2 aliphatic rings. The predicted molar refractivity (Wildman–Crippen MR) is 48.5 cm³/mol. The van der Waals surface area contributed by atoms with E-state index >= 15 is 0 Å². The van der Waals surface area contributed by atoms with Gasteiger partial charge >= 0.3 is 12.1 Å². The normalized spacial score (nSPS) is 27.9. The Morgan fingerprint density at radius 1 is 1.40 bits per heavy atom. The van der Waals surface area contributed by atoms with Crippen LogP contribution in [0.25, 0.3) is 0 Å².